The molecule has 0 bridgehead atoms. The quantitative estimate of drug-likeness (QED) is 0.339. The van der Waals surface area contributed by atoms with Gasteiger partial charge >= 0.3 is 6.09 Å². The summed E-state index contributed by atoms with van der Waals surface area (Å²) in [6, 6.07) is 31.0. The first-order chi connectivity index (χ1) is 18.7. The van der Waals surface area contributed by atoms with Crippen LogP contribution in [0.15, 0.2) is 91.0 Å². The molecule has 1 aliphatic carbocycles. The Labute approximate surface area is 233 Å². The fraction of sp³-hybridized carbons (Fsp3) is 0.394. The fourth-order valence-electron chi connectivity index (χ4n) is 6.24. The molecule has 2 aliphatic rings. The molecule has 0 aromatic heterocycles. The zero-order valence-electron chi connectivity index (χ0n) is 23.4. The predicted molar refractivity (Wildman–Crippen MR) is 156 cm³/mol. The fourth-order valence-corrected chi connectivity index (χ4v) is 10.9. The number of rotatable bonds is 9. The highest BCUT2D eigenvalue weighted by molar-refractivity contribution is 6.99. The molecule has 2 amide bonds. The van der Waals surface area contributed by atoms with Crippen molar-refractivity contribution in [3.8, 4) is 0 Å². The van der Waals surface area contributed by atoms with Crippen molar-refractivity contribution in [1.29, 1.82) is 0 Å². The van der Waals surface area contributed by atoms with Crippen LogP contribution in [0.2, 0.25) is 5.04 Å². The van der Waals surface area contributed by atoms with E-state index in [0.717, 1.165) is 12.0 Å². The molecule has 0 N–H and O–H groups in total. The summed E-state index contributed by atoms with van der Waals surface area (Å²) in [5.74, 6) is 0.0938. The number of ether oxygens (including phenoxy) is 1. The van der Waals surface area contributed by atoms with Crippen molar-refractivity contribution in [3.05, 3.63) is 96.6 Å². The standard InChI is InChI=1S/C33H39NO4Si/c1-24(31(35)34-27(23-37-32(34)36)20-25-14-8-5-9-15-25)30-21-26(30)22-38-39(33(2,3)4,28-16-10-6-11-17-28)29-18-12-7-13-19-29/h5-19,24,26-27,30H,20-23H2,1-4H3/t24-,26-,27-,30-/m1/s1. The van der Waals surface area contributed by atoms with Crippen LogP contribution in [0.3, 0.4) is 0 Å². The molecule has 2 fully saturated rings. The van der Waals surface area contributed by atoms with E-state index in [-0.39, 0.29) is 41.3 Å². The minimum Gasteiger partial charge on any atom is -0.447 e. The summed E-state index contributed by atoms with van der Waals surface area (Å²) in [5, 5.41) is 2.42. The summed E-state index contributed by atoms with van der Waals surface area (Å²) in [7, 11) is -2.62. The summed E-state index contributed by atoms with van der Waals surface area (Å²) in [5.41, 5.74) is 1.09. The molecule has 5 nitrogen and oxygen atoms in total. The Balaban J connectivity index is 1.31. The monoisotopic (exact) mass is 541 g/mol. The van der Waals surface area contributed by atoms with E-state index in [4.69, 9.17) is 9.16 Å². The highest BCUT2D eigenvalue weighted by atomic mass is 28.4. The van der Waals surface area contributed by atoms with Crippen LogP contribution in [-0.4, -0.2) is 44.5 Å². The van der Waals surface area contributed by atoms with Gasteiger partial charge in [-0.15, -0.1) is 0 Å². The largest absolute Gasteiger partial charge is 0.447 e. The topological polar surface area (TPSA) is 55.8 Å². The Hall–Kier alpha value is -3.22. The van der Waals surface area contributed by atoms with Gasteiger partial charge in [-0.2, -0.15) is 0 Å². The molecule has 6 heteroatoms. The van der Waals surface area contributed by atoms with Crippen molar-refractivity contribution >= 4 is 30.7 Å². The molecule has 1 saturated carbocycles. The number of hydrogen-bond donors (Lipinski definition) is 0. The third kappa shape index (κ3) is 5.45. The van der Waals surface area contributed by atoms with Crippen LogP contribution in [0.1, 0.15) is 39.7 Å². The minimum atomic E-state index is -2.62. The van der Waals surface area contributed by atoms with Crippen LogP contribution in [-0.2, 0) is 20.4 Å². The smallest absolute Gasteiger partial charge is 0.416 e. The molecule has 3 aromatic rings. The Morgan fingerprint density at radius 2 is 1.49 bits per heavy atom. The lowest BCUT2D eigenvalue weighted by Crippen LogP contribution is -2.66. The van der Waals surface area contributed by atoms with Crippen LogP contribution in [0, 0.1) is 17.8 Å². The zero-order chi connectivity index (χ0) is 27.6. The summed E-state index contributed by atoms with van der Waals surface area (Å²) >= 11 is 0. The number of benzene rings is 3. The van der Waals surface area contributed by atoms with Gasteiger partial charge in [0.25, 0.3) is 8.32 Å². The first-order valence-corrected chi connectivity index (χ1v) is 15.9. The van der Waals surface area contributed by atoms with Gasteiger partial charge in [0.2, 0.25) is 5.91 Å². The molecule has 3 aromatic carbocycles. The van der Waals surface area contributed by atoms with Crippen molar-refractivity contribution < 1.29 is 18.8 Å². The van der Waals surface area contributed by atoms with Gasteiger partial charge in [0.15, 0.2) is 0 Å². The average Bonchev–Trinajstić information content (AvgIpc) is 3.63. The van der Waals surface area contributed by atoms with Crippen LogP contribution in [0.4, 0.5) is 4.79 Å². The van der Waals surface area contributed by atoms with Gasteiger partial charge in [-0.25, -0.2) is 9.69 Å². The second kappa shape index (κ2) is 11.1. The van der Waals surface area contributed by atoms with Gasteiger partial charge < -0.3 is 9.16 Å². The maximum Gasteiger partial charge on any atom is 0.416 e. The van der Waals surface area contributed by atoms with E-state index in [1.807, 2.05) is 37.3 Å². The van der Waals surface area contributed by atoms with E-state index < -0.39 is 14.4 Å². The van der Waals surface area contributed by atoms with Gasteiger partial charge in [-0.3, -0.25) is 4.79 Å². The van der Waals surface area contributed by atoms with Crippen LogP contribution in [0.25, 0.3) is 0 Å². The van der Waals surface area contributed by atoms with E-state index in [9.17, 15) is 9.59 Å². The lowest BCUT2D eigenvalue weighted by Gasteiger charge is -2.43. The third-order valence-electron chi connectivity index (χ3n) is 8.45. The van der Waals surface area contributed by atoms with Crippen LogP contribution in [0.5, 0.6) is 0 Å². The van der Waals surface area contributed by atoms with Crippen molar-refractivity contribution in [3.63, 3.8) is 0 Å². The van der Waals surface area contributed by atoms with E-state index in [0.29, 0.717) is 13.0 Å². The number of imide groups is 1. The van der Waals surface area contributed by atoms with Gasteiger partial charge in [-0.05, 0) is 45.7 Å². The molecule has 5 rings (SSSR count). The van der Waals surface area contributed by atoms with Gasteiger partial charge in [-0.1, -0.05) is 119 Å². The van der Waals surface area contributed by atoms with E-state index in [2.05, 4.69) is 81.4 Å². The number of hydrogen-bond acceptors (Lipinski definition) is 4. The number of cyclic esters (lactones) is 1. The minimum absolute atomic E-state index is 0.0918. The van der Waals surface area contributed by atoms with Gasteiger partial charge in [0.1, 0.15) is 6.61 Å². The first-order valence-electron chi connectivity index (χ1n) is 14.0. The Morgan fingerprint density at radius 1 is 0.949 bits per heavy atom. The Kier molecular flexibility index (Phi) is 7.79. The number of amides is 2. The molecule has 1 heterocycles. The summed E-state index contributed by atoms with van der Waals surface area (Å²) in [4.78, 5) is 27.5. The van der Waals surface area contributed by atoms with Crippen LogP contribution < -0.4 is 10.4 Å². The Bertz CT molecular complexity index is 1240. The zero-order valence-corrected chi connectivity index (χ0v) is 24.4. The highest BCUT2D eigenvalue weighted by Crippen LogP contribution is 2.47. The van der Waals surface area contributed by atoms with Crippen LogP contribution >= 0.6 is 0 Å². The molecular weight excluding hydrogens is 502 g/mol. The molecule has 0 spiro atoms. The van der Waals surface area contributed by atoms with Crippen molar-refractivity contribution in [2.75, 3.05) is 13.2 Å². The Morgan fingerprint density at radius 3 is 2.03 bits per heavy atom. The molecule has 39 heavy (non-hydrogen) atoms. The number of nitrogens with zero attached hydrogens (tertiary/aromatic N) is 1. The van der Waals surface area contributed by atoms with Gasteiger partial charge in [0.05, 0.1) is 6.04 Å². The van der Waals surface area contributed by atoms with E-state index >= 15 is 0 Å². The molecule has 204 valence electrons. The summed E-state index contributed by atoms with van der Waals surface area (Å²) < 4.78 is 12.4. The lowest BCUT2D eigenvalue weighted by molar-refractivity contribution is -0.133. The summed E-state index contributed by atoms with van der Waals surface area (Å²) in [6.45, 7) is 9.65. The third-order valence-corrected chi connectivity index (χ3v) is 13.5. The summed E-state index contributed by atoms with van der Waals surface area (Å²) in [6.07, 6.45) is 1.02. The van der Waals surface area contributed by atoms with Crippen molar-refractivity contribution in [1.82, 2.24) is 4.90 Å². The molecule has 0 radical (unpaired) electrons. The average molecular weight is 542 g/mol. The highest BCUT2D eigenvalue weighted by Gasteiger charge is 2.53. The van der Waals surface area contributed by atoms with Crippen molar-refractivity contribution in [2.24, 2.45) is 17.8 Å². The maximum absolute atomic E-state index is 13.6. The molecule has 1 saturated heterocycles. The van der Waals surface area contributed by atoms with E-state index in [1.54, 1.807) is 0 Å². The number of carbonyl (C=O) groups is 2. The first kappa shape index (κ1) is 27.3. The number of carbonyl (C=O) groups excluding carboxylic acids is 2. The predicted octanol–water partition coefficient (Wildman–Crippen LogP) is 5.43. The molecule has 0 unspecified atom stereocenters. The SMILES string of the molecule is C[C@@H](C(=O)N1C(=O)OC[C@H]1Cc1ccccc1)[C@H]1C[C@@H]1CO[Si](c1ccccc1)(c1ccccc1)C(C)(C)C. The molecular formula is C33H39NO4Si. The second-order valence-corrected chi connectivity index (χ2v) is 16.4. The molecule has 4 atom stereocenters. The van der Waals surface area contributed by atoms with Crippen molar-refractivity contribution in [2.45, 2.75) is 51.6 Å². The molecule has 1 aliphatic heterocycles. The van der Waals surface area contributed by atoms with Gasteiger partial charge in [0, 0.05) is 12.5 Å². The maximum atomic E-state index is 13.6. The van der Waals surface area contributed by atoms with E-state index in [1.165, 1.54) is 15.3 Å². The second-order valence-electron chi connectivity index (χ2n) is 12.1. The normalized spacial score (nSPS) is 21.9. The lowest BCUT2D eigenvalue weighted by atomic mass is 10.0.